The normalized spacial score (nSPS) is 23.9. The molecule has 3 atom stereocenters. The van der Waals surface area contributed by atoms with E-state index >= 15 is 0 Å². The Kier molecular flexibility index (Phi) is 5.01. The summed E-state index contributed by atoms with van der Waals surface area (Å²) in [7, 11) is 1.64. The Morgan fingerprint density at radius 2 is 2.10 bits per heavy atom. The van der Waals surface area contributed by atoms with E-state index in [0.29, 0.717) is 0 Å². The zero-order valence-corrected chi connectivity index (χ0v) is 12.6. The fraction of sp³-hybridized carbons (Fsp3) is 0.562. The molecule has 1 aliphatic rings. The summed E-state index contributed by atoms with van der Waals surface area (Å²) in [4.78, 5) is 13.7. The van der Waals surface area contributed by atoms with Crippen molar-refractivity contribution in [2.45, 2.75) is 32.7 Å². The van der Waals surface area contributed by atoms with E-state index in [-0.39, 0.29) is 11.9 Å². The summed E-state index contributed by atoms with van der Waals surface area (Å²) < 4.78 is 5.11. The van der Waals surface area contributed by atoms with Crippen LogP contribution in [-0.2, 0) is 4.79 Å². The van der Waals surface area contributed by atoms with E-state index in [0.717, 1.165) is 30.4 Å². The first-order valence-corrected chi connectivity index (χ1v) is 7.39. The number of anilines is 1. The van der Waals surface area contributed by atoms with Crippen molar-refractivity contribution in [1.29, 1.82) is 0 Å². The number of carbonyl (C=O) groups is 1. The number of hydrogen-bond acceptors (Lipinski definition) is 2. The van der Waals surface area contributed by atoms with Crippen molar-refractivity contribution in [2.75, 3.05) is 25.5 Å². The van der Waals surface area contributed by atoms with Crippen molar-refractivity contribution in [3.8, 4) is 5.75 Å². The predicted octanol–water partition coefficient (Wildman–Crippen LogP) is 1.34. The summed E-state index contributed by atoms with van der Waals surface area (Å²) in [5.41, 5.74) is 0.826. The van der Waals surface area contributed by atoms with Crippen LogP contribution >= 0.6 is 0 Å². The van der Waals surface area contributed by atoms with Crippen molar-refractivity contribution in [1.82, 2.24) is 0 Å². The van der Waals surface area contributed by atoms with E-state index in [2.05, 4.69) is 12.2 Å². The lowest BCUT2D eigenvalue weighted by Gasteiger charge is -2.31. The van der Waals surface area contributed by atoms with Crippen LogP contribution in [0.25, 0.3) is 0 Å². The SMILES string of the molecule is COc1ccc(NC(=O)[C@H](C)[NH+]2CCC[C@H](C)C2)cc1. The second-order valence-electron chi connectivity index (χ2n) is 5.80. The van der Waals surface area contributed by atoms with Gasteiger partial charge in [-0.05, 0) is 44.0 Å². The van der Waals surface area contributed by atoms with Crippen LogP contribution < -0.4 is 15.0 Å². The number of carbonyl (C=O) groups excluding carboxylic acids is 1. The smallest absolute Gasteiger partial charge is 0.282 e. The summed E-state index contributed by atoms with van der Waals surface area (Å²) in [5.74, 6) is 1.61. The maximum absolute atomic E-state index is 12.3. The molecule has 0 aromatic heterocycles. The zero-order valence-electron chi connectivity index (χ0n) is 12.6. The molecule has 0 bridgehead atoms. The maximum atomic E-state index is 12.3. The van der Waals surface area contributed by atoms with Gasteiger partial charge in [0.15, 0.2) is 6.04 Å². The van der Waals surface area contributed by atoms with Gasteiger partial charge >= 0.3 is 0 Å². The third-order valence-corrected chi connectivity index (χ3v) is 4.17. The minimum atomic E-state index is -0.000137. The number of ether oxygens (including phenoxy) is 1. The molecule has 1 aromatic carbocycles. The Hall–Kier alpha value is -1.55. The molecule has 0 radical (unpaired) electrons. The van der Waals surface area contributed by atoms with Gasteiger partial charge in [-0.3, -0.25) is 4.79 Å². The molecule has 1 aliphatic heterocycles. The molecule has 4 nitrogen and oxygen atoms in total. The van der Waals surface area contributed by atoms with Gasteiger partial charge in [0, 0.05) is 11.6 Å². The molecule has 0 saturated carbocycles. The Morgan fingerprint density at radius 1 is 1.40 bits per heavy atom. The lowest BCUT2D eigenvalue weighted by molar-refractivity contribution is -0.922. The fourth-order valence-electron chi connectivity index (χ4n) is 2.83. The van der Waals surface area contributed by atoms with E-state index in [1.165, 1.54) is 17.7 Å². The lowest BCUT2D eigenvalue weighted by atomic mass is 9.99. The standard InChI is InChI=1S/C16H24N2O2/c1-12-5-4-10-18(11-12)13(2)16(19)17-14-6-8-15(20-3)9-7-14/h6-9,12-13H,4-5,10-11H2,1-3H3,(H,17,19)/p+1/t12-,13-/m0/s1. The third-order valence-electron chi connectivity index (χ3n) is 4.17. The number of hydrogen-bond donors (Lipinski definition) is 2. The lowest BCUT2D eigenvalue weighted by Crippen LogP contribution is -3.17. The van der Waals surface area contributed by atoms with E-state index in [1.807, 2.05) is 31.2 Å². The average Bonchev–Trinajstić information content (AvgIpc) is 2.47. The molecule has 2 rings (SSSR count). The van der Waals surface area contributed by atoms with Crippen LogP contribution in [-0.4, -0.2) is 32.1 Å². The summed E-state index contributed by atoms with van der Waals surface area (Å²) in [6.45, 7) is 6.48. The van der Waals surface area contributed by atoms with Crippen molar-refractivity contribution < 1.29 is 14.4 Å². The van der Waals surface area contributed by atoms with Crippen LogP contribution in [0.1, 0.15) is 26.7 Å². The number of nitrogens with one attached hydrogen (secondary N) is 2. The highest BCUT2D eigenvalue weighted by atomic mass is 16.5. The fourth-order valence-corrected chi connectivity index (χ4v) is 2.83. The molecular formula is C16H25N2O2+. The molecule has 1 heterocycles. The third kappa shape index (κ3) is 3.73. The maximum Gasteiger partial charge on any atom is 0.282 e. The van der Waals surface area contributed by atoms with E-state index in [4.69, 9.17) is 4.74 Å². The number of methoxy groups -OCH3 is 1. The van der Waals surface area contributed by atoms with Crippen LogP contribution in [0.3, 0.4) is 0 Å². The van der Waals surface area contributed by atoms with Gasteiger partial charge in [0.2, 0.25) is 0 Å². The van der Waals surface area contributed by atoms with Crippen LogP contribution in [0.2, 0.25) is 0 Å². The zero-order chi connectivity index (χ0) is 14.5. The van der Waals surface area contributed by atoms with Crippen molar-refractivity contribution in [3.05, 3.63) is 24.3 Å². The monoisotopic (exact) mass is 277 g/mol. The average molecular weight is 277 g/mol. The molecule has 1 fully saturated rings. The number of amides is 1. The van der Waals surface area contributed by atoms with Gasteiger partial charge in [-0.25, -0.2) is 0 Å². The van der Waals surface area contributed by atoms with Crippen molar-refractivity contribution in [3.63, 3.8) is 0 Å². The number of rotatable bonds is 4. The van der Waals surface area contributed by atoms with Gasteiger partial charge in [0.05, 0.1) is 20.2 Å². The second kappa shape index (κ2) is 6.75. The Bertz CT molecular complexity index is 444. The molecule has 1 amide bonds. The minimum Gasteiger partial charge on any atom is -0.497 e. The van der Waals surface area contributed by atoms with Gasteiger partial charge in [0.1, 0.15) is 5.75 Å². The molecule has 4 heteroatoms. The van der Waals surface area contributed by atoms with E-state index in [1.54, 1.807) is 7.11 Å². The van der Waals surface area contributed by atoms with Crippen molar-refractivity contribution >= 4 is 11.6 Å². The molecule has 1 unspecified atom stereocenters. The van der Waals surface area contributed by atoms with E-state index < -0.39 is 0 Å². The molecule has 0 spiro atoms. The molecule has 2 N–H and O–H groups in total. The summed E-state index contributed by atoms with van der Waals surface area (Å²) in [6, 6.07) is 7.46. The van der Waals surface area contributed by atoms with Crippen LogP contribution in [0, 0.1) is 5.92 Å². The molecule has 0 aliphatic carbocycles. The largest absolute Gasteiger partial charge is 0.497 e. The summed E-state index contributed by atoms with van der Waals surface area (Å²) in [5, 5.41) is 2.99. The Labute approximate surface area is 121 Å². The Morgan fingerprint density at radius 3 is 2.70 bits per heavy atom. The van der Waals surface area contributed by atoms with Gasteiger partial charge in [-0.1, -0.05) is 6.92 Å². The summed E-state index contributed by atoms with van der Waals surface area (Å²) in [6.07, 6.45) is 2.51. The van der Waals surface area contributed by atoms with Crippen molar-refractivity contribution in [2.24, 2.45) is 5.92 Å². The number of benzene rings is 1. The van der Waals surface area contributed by atoms with Gasteiger partial charge in [-0.2, -0.15) is 0 Å². The first-order chi connectivity index (χ1) is 9.60. The highest BCUT2D eigenvalue weighted by Gasteiger charge is 2.29. The molecule has 1 saturated heterocycles. The predicted molar refractivity (Wildman–Crippen MR) is 80.2 cm³/mol. The second-order valence-corrected chi connectivity index (χ2v) is 5.80. The number of quaternary nitrogens is 1. The topological polar surface area (TPSA) is 42.8 Å². The van der Waals surface area contributed by atoms with E-state index in [9.17, 15) is 4.79 Å². The molecular weight excluding hydrogens is 252 g/mol. The van der Waals surface area contributed by atoms with Gasteiger partial charge in [0.25, 0.3) is 5.91 Å². The highest BCUT2D eigenvalue weighted by molar-refractivity contribution is 5.93. The quantitative estimate of drug-likeness (QED) is 0.872. The first-order valence-electron chi connectivity index (χ1n) is 7.39. The van der Waals surface area contributed by atoms with Crippen LogP contribution in [0.15, 0.2) is 24.3 Å². The molecule has 20 heavy (non-hydrogen) atoms. The summed E-state index contributed by atoms with van der Waals surface area (Å²) >= 11 is 0. The highest BCUT2D eigenvalue weighted by Crippen LogP contribution is 2.15. The van der Waals surface area contributed by atoms with Gasteiger partial charge < -0.3 is 15.0 Å². The molecule has 110 valence electrons. The van der Waals surface area contributed by atoms with Crippen LogP contribution in [0.4, 0.5) is 5.69 Å². The molecule has 1 aromatic rings. The minimum absolute atomic E-state index is 0.000137. The number of piperidine rings is 1. The van der Waals surface area contributed by atoms with Gasteiger partial charge in [-0.15, -0.1) is 0 Å². The van der Waals surface area contributed by atoms with Crippen LogP contribution in [0.5, 0.6) is 5.75 Å². The Balaban J connectivity index is 1.92. The number of likely N-dealkylation sites (tertiary alicyclic amines) is 1. The first kappa shape index (κ1) is 14.9.